The predicted octanol–water partition coefficient (Wildman–Crippen LogP) is 2.53. The molecule has 0 aliphatic carbocycles. The maximum absolute atomic E-state index is 12.0. The van der Waals surface area contributed by atoms with E-state index in [2.05, 4.69) is 4.72 Å². The molecule has 1 aromatic rings. The van der Waals surface area contributed by atoms with Gasteiger partial charge in [0.25, 0.3) is 0 Å². The molecule has 4 nitrogen and oxygen atoms in total. The smallest absolute Gasteiger partial charge is 0.231 e. The molecule has 1 aromatic carbocycles. The van der Waals surface area contributed by atoms with Crippen molar-refractivity contribution >= 4 is 11.4 Å². The second kappa shape index (κ2) is 4.99. The van der Waals surface area contributed by atoms with Crippen LogP contribution < -0.4 is 14.2 Å². The summed E-state index contributed by atoms with van der Waals surface area (Å²) in [5.74, 6) is 1.52. The zero-order chi connectivity index (χ0) is 13.3. The second-order valence-corrected chi connectivity index (χ2v) is 7.33. The van der Waals surface area contributed by atoms with E-state index in [4.69, 9.17) is 9.47 Å². The molecule has 1 unspecified atom stereocenters. The molecule has 0 saturated heterocycles. The van der Waals surface area contributed by atoms with Gasteiger partial charge in [-0.15, -0.1) is 4.72 Å². The van der Waals surface area contributed by atoms with Crippen molar-refractivity contribution < 1.29 is 14.0 Å². The van der Waals surface area contributed by atoms with Crippen LogP contribution in [0.25, 0.3) is 0 Å². The van der Waals surface area contributed by atoms with E-state index in [0.717, 1.165) is 17.1 Å². The maximum Gasteiger partial charge on any atom is 0.231 e. The average molecular weight is 269 g/mol. The fraction of sp³-hybridized carbons (Fsp3) is 0.538. The molecular formula is C13H19NO3S. The number of hydrogen-bond acceptors (Lipinski definition) is 4. The summed E-state index contributed by atoms with van der Waals surface area (Å²) in [5.41, 5.74) is 1.04. The van der Waals surface area contributed by atoms with Crippen LogP contribution in [0.1, 0.15) is 39.3 Å². The summed E-state index contributed by atoms with van der Waals surface area (Å²) in [4.78, 5) is 0. The average Bonchev–Trinajstić information content (AvgIpc) is 2.74. The molecule has 1 aliphatic rings. The van der Waals surface area contributed by atoms with Gasteiger partial charge in [-0.2, -0.15) is 0 Å². The second-order valence-electron chi connectivity index (χ2n) is 5.33. The largest absolute Gasteiger partial charge is 0.598 e. The standard InChI is InChI=1S/C13H19NO3S/c1-9(14-18(15)13(2,3)4)10-5-6-11-12(7-10)17-8-16-11/h5-7,9,14H,8H2,1-4H3/t9?,18-/m1/s1. The number of rotatable bonds is 3. The summed E-state index contributed by atoms with van der Waals surface area (Å²) in [6, 6.07) is 5.78. The molecule has 5 heteroatoms. The number of hydrogen-bond donors (Lipinski definition) is 1. The zero-order valence-corrected chi connectivity index (χ0v) is 12.0. The number of nitrogens with one attached hydrogen (secondary N) is 1. The van der Waals surface area contributed by atoms with E-state index in [1.165, 1.54) is 0 Å². The van der Waals surface area contributed by atoms with Crippen molar-refractivity contribution in [1.82, 2.24) is 4.72 Å². The van der Waals surface area contributed by atoms with Gasteiger partial charge in [0.05, 0.1) is 6.04 Å². The Labute approximate surface area is 111 Å². The van der Waals surface area contributed by atoms with Crippen molar-refractivity contribution in [3.63, 3.8) is 0 Å². The molecule has 0 saturated carbocycles. The molecule has 0 amide bonds. The number of fused-ring (bicyclic) bond motifs is 1. The van der Waals surface area contributed by atoms with Gasteiger partial charge in [0, 0.05) is 11.4 Å². The van der Waals surface area contributed by atoms with Gasteiger partial charge in [-0.25, -0.2) is 0 Å². The molecule has 0 aromatic heterocycles. The summed E-state index contributed by atoms with van der Waals surface area (Å²) < 4.78 is 25.5. The van der Waals surface area contributed by atoms with Crippen LogP contribution in [0.4, 0.5) is 0 Å². The lowest BCUT2D eigenvalue weighted by atomic mass is 10.1. The lowest BCUT2D eigenvalue weighted by Crippen LogP contribution is -2.40. The first-order chi connectivity index (χ1) is 8.38. The van der Waals surface area contributed by atoms with E-state index < -0.39 is 11.4 Å². The van der Waals surface area contributed by atoms with Gasteiger partial charge in [-0.3, -0.25) is 0 Å². The molecule has 2 rings (SSSR count). The Morgan fingerprint density at radius 3 is 2.61 bits per heavy atom. The normalized spacial score (nSPS) is 17.6. The van der Waals surface area contributed by atoms with E-state index in [1.807, 2.05) is 45.9 Å². The summed E-state index contributed by atoms with van der Waals surface area (Å²) in [7, 11) is 0. The topological polar surface area (TPSA) is 53.5 Å². The third-order valence-electron chi connectivity index (χ3n) is 2.74. The van der Waals surface area contributed by atoms with Gasteiger partial charge in [-0.1, -0.05) is 6.07 Å². The van der Waals surface area contributed by atoms with Crippen molar-refractivity contribution in [1.29, 1.82) is 0 Å². The highest BCUT2D eigenvalue weighted by Crippen LogP contribution is 2.34. The fourth-order valence-corrected chi connectivity index (χ4v) is 2.40. The third kappa shape index (κ3) is 2.91. The van der Waals surface area contributed by atoms with Crippen molar-refractivity contribution in [3.05, 3.63) is 23.8 Å². The third-order valence-corrected chi connectivity index (χ3v) is 4.42. The maximum atomic E-state index is 12.0. The summed E-state index contributed by atoms with van der Waals surface area (Å²) in [6.45, 7) is 8.10. The van der Waals surface area contributed by atoms with Crippen LogP contribution in [0.2, 0.25) is 0 Å². The molecule has 0 fully saturated rings. The van der Waals surface area contributed by atoms with E-state index in [1.54, 1.807) is 0 Å². The molecule has 0 bridgehead atoms. The highest BCUT2D eigenvalue weighted by atomic mass is 32.2. The minimum atomic E-state index is -1.09. The van der Waals surface area contributed by atoms with Crippen molar-refractivity contribution in [2.24, 2.45) is 0 Å². The Bertz CT molecular complexity index is 431. The van der Waals surface area contributed by atoms with Gasteiger partial charge in [-0.05, 0) is 45.4 Å². The number of ether oxygens (including phenoxy) is 2. The van der Waals surface area contributed by atoms with Crippen LogP contribution in [-0.4, -0.2) is 16.1 Å². The SMILES string of the molecule is CC(N[S@+]([O-])C(C)(C)C)c1ccc2c(c1)OCO2. The first-order valence-corrected chi connectivity index (χ1v) is 7.10. The Morgan fingerprint density at radius 2 is 1.94 bits per heavy atom. The van der Waals surface area contributed by atoms with Gasteiger partial charge in [0.1, 0.15) is 4.75 Å². The van der Waals surface area contributed by atoms with Crippen LogP contribution >= 0.6 is 0 Å². The molecule has 2 atom stereocenters. The quantitative estimate of drug-likeness (QED) is 0.857. The lowest BCUT2D eigenvalue weighted by molar-refractivity contribution is 0.174. The molecule has 100 valence electrons. The monoisotopic (exact) mass is 269 g/mol. The van der Waals surface area contributed by atoms with Crippen LogP contribution in [0.5, 0.6) is 11.5 Å². The Kier molecular flexibility index (Phi) is 3.75. The molecule has 1 N–H and O–H groups in total. The van der Waals surface area contributed by atoms with Crippen molar-refractivity contribution in [2.75, 3.05) is 6.79 Å². The van der Waals surface area contributed by atoms with Crippen LogP contribution in [0, 0.1) is 0 Å². The first kappa shape index (κ1) is 13.5. The van der Waals surface area contributed by atoms with Gasteiger partial charge in [0.15, 0.2) is 11.5 Å². The Morgan fingerprint density at radius 1 is 1.28 bits per heavy atom. The zero-order valence-electron chi connectivity index (χ0n) is 11.1. The van der Waals surface area contributed by atoms with Crippen LogP contribution in [0.3, 0.4) is 0 Å². The summed E-state index contributed by atoms with van der Waals surface area (Å²) >= 11 is -1.09. The molecule has 18 heavy (non-hydrogen) atoms. The van der Waals surface area contributed by atoms with E-state index in [9.17, 15) is 4.55 Å². The molecular weight excluding hydrogens is 250 g/mol. The summed E-state index contributed by atoms with van der Waals surface area (Å²) in [5, 5.41) is 0. The predicted molar refractivity (Wildman–Crippen MR) is 72.0 cm³/mol. The van der Waals surface area contributed by atoms with E-state index in [-0.39, 0.29) is 17.6 Å². The minimum Gasteiger partial charge on any atom is -0.598 e. The highest BCUT2D eigenvalue weighted by Gasteiger charge is 2.28. The molecule has 0 spiro atoms. The van der Waals surface area contributed by atoms with Crippen molar-refractivity contribution in [3.8, 4) is 11.5 Å². The Hall–Kier alpha value is -0.910. The molecule has 1 heterocycles. The van der Waals surface area contributed by atoms with E-state index in [0.29, 0.717) is 0 Å². The van der Waals surface area contributed by atoms with Gasteiger partial charge < -0.3 is 14.0 Å². The number of benzene rings is 1. The summed E-state index contributed by atoms with van der Waals surface area (Å²) in [6.07, 6.45) is 0. The Balaban J connectivity index is 2.07. The van der Waals surface area contributed by atoms with Crippen LogP contribution in [-0.2, 0) is 11.4 Å². The molecule has 1 aliphatic heterocycles. The lowest BCUT2D eigenvalue weighted by Gasteiger charge is -2.26. The molecule has 0 radical (unpaired) electrons. The van der Waals surface area contributed by atoms with Crippen molar-refractivity contribution in [2.45, 2.75) is 38.5 Å². The van der Waals surface area contributed by atoms with E-state index >= 15 is 0 Å². The highest BCUT2D eigenvalue weighted by molar-refractivity contribution is 7.90. The van der Waals surface area contributed by atoms with Gasteiger partial charge >= 0.3 is 0 Å². The minimum absolute atomic E-state index is 0.000409. The van der Waals surface area contributed by atoms with Crippen LogP contribution in [0.15, 0.2) is 18.2 Å². The fourth-order valence-electron chi connectivity index (χ4n) is 1.59. The van der Waals surface area contributed by atoms with Gasteiger partial charge in [0.2, 0.25) is 6.79 Å². The first-order valence-electron chi connectivity index (χ1n) is 5.95.